The average Bonchev–Trinajstić information content (AvgIpc) is 3.35. The van der Waals surface area contributed by atoms with Crippen molar-refractivity contribution in [2.24, 2.45) is 0 Å². The number of nitrogens with one attached hydrogen (secondary N) is 1. The first-order chi connectivity index (χ1) is 14.6. The van der Waals surface area contributed by atoms with E-state index in [1.165, 1.54) is 23.9 Å². The number of nitrogens with zero attached hydrogens (tertiary/aromatic N) is 4. The summed E-state index contributed by atoms with van der Waals surface area (Å²) in [5, 5.41) is 11.9. The van der Waals surface area contributed by atoms with Crippen LogP contribution in [-0.2, 0) is 11.3 Å². The molecule has 0 bridgehead atoms. The molecule has 0 aliphatic carbocycles. The third-order valence-electron chi connectivity index (χ3n) is 4.64. The summed E-state index contributed by atoms with van der Waals surface area (Å²) in [5.41, 5.74) is 1.39. The molecule has 0 atom stereocenters. The molecule has 30 heavy (non-hydrogen) atoms. The van der Waals surface area contributed by atoms with E-state index in [-0.39, 0.29) is 17.5 Å². The first-order valence-corrected chi connectivity index (χ1v) is 10.2. The minimum atomic E-state index is -0.283. The lowest BCUT2D eigenvalue weighted by Gasteiger charge is -2.14. The van der Waals surface area contributed by atoms with Crippen molar-refractivity contribution in [2.75, 3.05) is 36.7 Å². The molecule has 0 unspecified atom stereocenters. The van der Waals surface area contributed by atoms with E-state index in [0.717, 1.165) is 5.69 Å². The van der Waals surface area contributed by atoms with E-state index in [1.807, 2.05) is 9.47 Å². The Kier molecular flexibility index (Phi) is 5.75. The molecule has 3 aromatic rings. The number of carbonyl (C=O) groups excluding carboxylic acids is 1. The van der Waals surface area contributed by atoms with Crippen LogP contribution in [-0.4, -0.2) is 47.2 Å². The van der Waals surface area contributed by atoms with Crippen molar-refractivity contribution in [3.63, 3.8) is 0 Å². The number of anilines is 3. The highest BCUT2D eigenvalue weighted by molar-refractivity contribution is 7.99. The molecule has 10 heteroatoms. The van der Waals surface area contributed by atoms with Crippen LogP contribution in [0.5, 0.6) is 11.5 Å². The van der Waals surface area contributed by atoms with Crippen LogP contribution in [0.2, 0.25) is 0 Å². The monoisotopic (exact) mass is 429 g/mol. The fraction of sp³-hybridized carbons (Fsp3) is 0.250. The Morgan fingerprint density at radius 2 is 1.93 bits per heavy atom. The van der Waals surface area contributed by atoms with Crippen molar-refractivity contribution in [1.29, 1.82) is 0 Å². The lowest BCUT2D eigenvalue weighted by molar-refractivity contribution is -0.113. The number of fused-ring (bicyclic) bond motifs is 1. The van der Waals surface area contributed by atoms with Crippen LogP contribution >= 0.6 is 11.8 Å². The van der Waals surface area contributed by atoms with Crippen LogP contribution in [0.3, 0.4) is 0 Å². The van der Waals surface area contributed by atoms with Crippen LogP contribution in [0.1, 0.15) is 0 Å². The molecular formula is C20H20FN5O3S. The molecule has 0 fully saturated rings. The number of rotatable bonds is 7. The maximum atomic E-state index is 13.2. The molecule has 0 radical (unpaired) electrons. The zero-order chi connectivity index (χ0) is 21.1. The highest BCUT2D eigenvalue weighted by Gasteiger charge is 2.26. The van der Waals surface area contributed by atoms with E-state index < -0.39 is 0 Å². The van der Waals surface area contributed by atoms with E-state index >= 15 is 0 Å². The maximum Gasteiger partial charge on any atom is 0.234 e. The van der Waals surface area contributed by atoms with Gasteiger partial charge in [-0.2, -0.15) is 0 Å². The van der Waals surface area contributed by atoms with E-state index in [4.69, 9.17) is 9.47 Å². The third-order valence-corrected chi connectivity index (χ3v) is 5.60. The number of halogens is 1. The van der Waals surface area contributed by atoms with Crippen LogP contribution in [0.25, 0.3) is 0 Å². The summed E-state index contributed by atoms with van der Waals surface area (Å²) < 4.78 is 25.6. The molecule has 4 rings (SSSR count). The Labute approximate surface area is 177 Å². The van der Waals surface area contributed by atoms with Gasteiger partial charge in [0.15, 0.2) is 5.16 Å². The summed E-state index contributed by atoms with van der Waals surface area (Å²) in [6.07, 6.45) is 0. The van der Waals surface area contributed by atoms with Crippen LogP contribution in [0.4, 0.5) is 21.7 Å². The van der Waals surface area contributed by atoms with Crippen LogP contribution < -0.4 is 19.7 Å². The predicted octanol–water partition coefficient (Wildman–Crippen LogP) is 3.32. The van der Waals surface area contributed by atoms with E-state index in [2.05, 4.69) is 15.5 Å². The Morgan fingerprint density at radius 3 is 2.67 bits per heavy atom. The first-order valence-electron chi connectivity index (χ1n) is 9.20. The molecule has 0 spiro atoms. The summed E-state index contributed by atoms with van der Waals surface area (Å²) in [6.45, 7) is 1.39. The number of hydrogen-bond acceptors (Lipinski definition) is 7. The standard InChI is InChI=1S/C20H20FN5O3S/c1-28-15-7-8-17(29-2)16(11-15)22-18(27)12-30-20-24-23-19-25(9-10-26(19)20)14-5-3-13(21)4-6-14/h3-8,11H,9-10,12H2,1-2H3,(H,22,27). The fourth-order valence-corrected chi connectivity index (χ4v) is 3.94. The molecule has 1 aromatic heterocycles. The van der Waals surface area contributed by atoms with Crippen LogP contribution in [0.15, 0.2) is 47.6 Å². The zero-order valence-electron chi connectivity index (χ0n) is 16.5. The van der Waals surface area contributed by atoms with Gasteiger partial charge in [0.2, 0.25) is 11.9 Å². The summed E-state index contributed by atoms with van der Waals surface area (Å²) in [5.74, 6) is 1.53. The molecule has 2 heterocycles. The molecule has 1 aliphatic heterocycles. The second-order valence-corrected chi connectivity index (χ2v) is 7.41. The largest absolute Gasteiger partial charge is 0.497 e. The minimum absolute atomic E-state index is 0.162. The Hall–Kier alpha value is -3.27. The number of methoxy groups -OCH3 is 2. The summed E-state index contributed by atoms with van der Waals surface area (Å²) >= 11 is 1.30. The fourth-order valence-electron chi connectivity index (χ4n) is 3.18. The second kappa shape index (κ2) is 8.62. The molecular weight excluding hydrogens is 409 g/mol. The molecule has 0 saturated heterocycles. The van der Waals surface area contributed by atoms with Crippen molar-refractivity contribution in [3.05, 3.63) is 48.3 Å². The molecule has 156 valence electrons. The van der Waals surface area contributed by atoms with Gasteiger partial charge in [0.05, 0.1) is 25.7 Å². The predicted molar refractivity (Wildman–Crippen MR) is 112 cm³/mol. The first kappa shape index (κ1) is 20.0. The number of ether oxygens (including phenoxy) is 2. The van der Waals surface area contributed by atoms with Crippen molar-refractivity contribution in [3.8, 4) is 11.5 Å². The summed E-state index contributed by atoms with van der Waals surface area (Å²) in [6, 6.07) is 11.5. The number of amides is 1. The molecule has 1 N–H and O–H groups in total. The van der Waals surface area contributed by atoms with Gasteiger partial charge in [0, 0.05) is 24.8 Å². The van der Waals surface area contributed by atoms with E-state index in [0.29, 0.717) is 41.4 Å². The van der Waals surface area contributed by atoms with Gasteiger partial charge in [0.25, 0.3) is 0 Å². The lowest BCUT2D eigenvalue weighted by Crippen LogP contribution is -2.15. The zero-order valence-corrected chi connectivity index (χ0v) is 17.3. The number of carbonyl (C=O) groups is 1. The Balaban J connectivity index is 1.42. The number of hydrogen-bond donors (Lipinski definition) is 1. The maximum absolute atomic E-state index is 13.2. The quantitative estimate of drug-likeness (QED) is 0.577. The number of thioether (sulfide) groups is 1. The third kappa shape index (κ3) is 4.04. The van der Waals surface area contributed by atoms with Gasteiger partial charge >= 0.3 is 0 Å². The summed E-state index contributed by atoms with van der Waals surface area (Å²) in [4.78, 5) is 14.4. The normalized spacial score (nSPS) is 12.6. The lowest BCUT2D eigenvalue weighted by atomic mass is 10.2. The van der Waals surface area contributed by atoms with Crippen molar-refractivity contribution >= 4 is 35.0 Å². The van der Waals surface area contributed by atoms with E-state index in [1.54, 1.807) is 44.6 Å². The SMILES string of the molecule is COc1ccc(OC)c(NC(=O)CSc2nnc3n2CCN3c2ccc(F)cc2)c1. The van der Waals surface area contributed by atoms with E-state index in [9.17, 15) is 9.18 Å². The van der Waals surface area contributed by atoms with Crippen molar-refractivity contribution < 1.29 is 18.7 Å². The van der Waals surface area contributed by atoms with Crippen molar-refractivity contribution in [1.82, 2.24) is 14.8 Å². The molecule has 1 amide bonds. The Morgan fingerprint density at radius 1 is 1.13 bits per heavy atom. The minimum Gasteiger partial charge on any atom is -0.497 e. The van der Waals surface area contributed by atoms with Gasteiger partial charge in [-0.1, -0.05) is 11.8 Å². The Bertz CT molecular complexity index is 1060. The smallest absolute Gasteiger partial charge is 0.234 e. The van der Waals surface area contributed by atoms with Gasteiger partial charge in [-0.15, -0.1) is 10.2 Å². The molecule has 8 nitrogen and oxygen atoms in total. The second-order valence-electron chi connectivity index (χ2n) is 6.47. The van der Waals surface area contributed by atoms with Gasteiger partial charge in [-0.3, -0.25) is 9.36 Å². The highest BCUT2D eigenvalue weighted by atomic mass is 32.2. The summed E-state index contributed by atoms with van der Waals surface area (Å²) in [7, 11) is 3.10. The average molecular weight is 429 g/mol. The van der Waals surface area contributed by atoms with Gasteiger partial charge < -0.3 is 19.7 Å². The van der Waals surface area contributed by atoms with Gasteiger partial charge in [-0.25, -0.2) is 4.39 Å². The highest BCUT2D eigenvalue weighted by Crippen LogP contribution is 2.33. The molecule has 0 saturated carbocycles. The van der Waals surface area contributed by atoms with Crippen LogP contribution in [0, 0.1) is 5.82 Å². The molecule has 1 aliphatic rings. The molecule has 2 aromatic carbocycles. The number of benzene rings is 2. The van der Waals surface area contributed by atoms with Gasteiger partial charge in [0.1, 0.15) is 17.3 Å². The number of aromatic nitrogens is 3. The van der Waals surface area contributed by atoms with Crippen molar-refractivity contribution in [2.45, 2.75) is 11.7 Å². The van der Waals surface area contributed by atoms with Gasteiger partial charge in [-0.05, 0) is 36.4 Å². The topological polar surface area (TPSA) is 81.5 Å².